The highest BCUT2D eigenvalue weighted by Gasteiger charge is 2.28. The summed E-state index contributed by atoms with van der Waals surface area (Å²) >= 11 is 11.8. The summed E-state index contributed by atoms with van der Waals surface area (Å²) in [5.41, 5.74) is 1.33. The highest BCUT2D eigenvalue weighted by molar-refractivity contribution is 6.32. The molecule has 100 valence electrons. The van der Waals surface area contributed by atoms with Crippen LogP contribution in [0.15, 0.2) is 12.3 Å². The molecule has 1 aliphatic carbocycles. The summed E-state index contributed by atoms with van der Waals surface area (Å²) in [5.74, 6) is 1.02. The maximum Gasteiger partial charge on any atom is 0.213 e. The lowest BCUT2D eigenvalue weighted by Gasteiger charge is -2.34. The van der Waals surface area contributed by atoms with Crippen molar-refractivity contribution in [2.75, 3.05) is 0 Å². The highest BCUT2D eigenvalue weighted by atomic mass is 35.5. The number of hydrogen-bond acceptors (Lipinski definition) is 2. The van der Waals surface area contributed by atoms with Gasteiger partial charge in [-0.25, -0.2) is 4.98 Å². The molecule has 0 aromatic carbocycles. The largest absolute Gasteiger partial charge is 0.474 e. The van der Waals surface area contributed by atoms with Crippen LogP contribution < -0.4 is 4.74 Å². The fourth-order valence-corrected chi connectivity index (χ4v) is 2.75. The monoisotopic (exact) mass is 287 g/mol. The Bertz CT molecular complexity index is 410. The van der Waals surface area contributed by atoms with E-state index < -0.39 is 0 Å². The fraction of sp³-hybridized carbons (Fsp3) is 0.643. The predicted octanol–water partition coefficient (Wildman–Crippen LogP) is 4.82. The van der Waals surface area contributed by atoms with Crippen LogP contribution in [0.3, 0.4) is 0 Å². The summed E-state index contributed by atoms with van der Waals surface area (Å²) < 4.78 is 5.92. The molecular weight excluding hydrogens is 269 g/mol. The average Bonchev–Trinajstić information content (AvgIpc) is 2.34. The van der Waals surface area contributed by atoms with Gasteiger partial charge in [0.25, 0.3) is 0 Å². The summed E-state index contributed by atoms with van der Waals surface area (Å²) in [7, 11) is 0. The van der Waals surface area contributed by atoms with Gasteiger partial charge in [0.15, 0.2) is 0 Å². The zero-order chi connectivity index (χ0) is 13.2. The van der Waals surface area contributed by atoms with Crippen molar-refractivity contribution < 1.29 is 4.74 Å². The number of hydrogen-bond donors (Lipinski definition) is 0. The van der Waals surface area contributed by atoms with Crippen molar-refractivity contribution in [1.29, 1.82) is 0 Å². The minimum atomic E-state index is 0.273. The summed E-state index contributed by atoms with van der Waals surface area (Å²) in [6.07, 6.45) is 6.47. The van der Waals surface area contributed by atoms with E-state index in [1.54, 1.807) is 6.20 Å². The van der Waals surface area contributed by atoms with E-state index in [1.807, 2.05) is 6.07 Å². The van der Waals surface area contributed by atoms with Gasteiger partial charge in [-0.1, -0.05) is 25.4 Å². The first-order valence-electron chi connectivity index (χ1n) is 6.37. The number of ether oxygens (including phenoxy) is 1. The first-order valence-corrected chi connectivity index (χ1v) is 7.28. The third kappa shape index (κ3) is 3.52. The molecule has 0 bridgehead atoms. The minimum Gasteiger partial charge on any atom is -0.474 e. The molecule has 2 rings (SSSR count). The molecule has 0 saturated heterocycles. The van der Waals surface area contributed by atoms with Crippen LogP contribution in [0, 0.1) is 5.41 Å². The fourth-order valence-electron chi connectivity index (χ4n) is 2.29. The Kier molecular flexibility index (Phi) is 4.39. The molecule has 1 fully saturated rings. The van der Waals surface area contributed by atoms with E-state index in [2.05, 4.69) is 18.8 Å². The van der Waals surface area contributed by atoms with E-state index in [4.69, 9.17) is 27.9 Å². The van der Waals surface area contributed by atoms with Gasteiger partial charge in [-0.15, -0.1) is 11.6 Å². The van der Waals surface area contributed by atoms with Gasteiger partial charge in [0.1, 0.15) is 6.10 Å². The van der Waals surface area contributed by atoms with Gasteiger partial charge in [-0.2, -0.15) is 0 Å². The van der Waals surface area contributed by atoms with Crippen LogP contribution in [-0.2, 0) is 5.88 Å². The topological polar surface area (TPSA) is 22.1 Å². The van der Waals surface area contributed by atoms with Crippen LogP contribution in [0.5, 0.6) is 5.88 Å². The van der Waals surface area contributed by atoms with Crippen molar-refractivity contribution in [1.82, 2.24) is 4.98 Å². The predicted molar refractivity (Wildman–Crippen MR) is 75.5 cm³/mol. The van der Waals surface area contributed by atoms with Crippen LogP contribution >= 0.6 is 23.2 Å². The number of rotatable bonds is 3. The van der Waals surface area contributed by atoms with E-state index in [0.29, 0.717) is 22.2 Å². The molecule has 2 nitrogen and oxygen atoms in total. The summed E-state index contributed by atoms with van der Waals surface area (Å²) in [4.78, 5) is 4.20. The van der Waals surface area contributed by atoms with Crippen molar-refractivity contribution in [3.63, 3.8) is 0 Å². The second kappa shape index (κ2) is 5.66. The zero-order valence-corrected chi connectivity index (χ0v) is 12.4. The second-order valence-corrected chi connectivity index (χ2v) is 6.40. The molecule has 0 unspecified atom stereocenters. The van der Waals surface area contributed by atoms with Crippen molar-refractivity contribution in [2.24, 2.45) is 5.41 Å². The Balaban J connectivity index is 1.98. The highest BCUT2D eigenvalue weighted by Crippen LogP contribution is 2.36. The van der Waals surface area contributed by atoms with Gasteiger partial charge in [0, 0.05) is 18.1 Å². The van der Waals surface area contributed by atoms with Crippen LogP contribution in [0.1, 0.15) is 45.1 Å². The van der Waals surface area contributed by atoms with Crippen molar-refractivity contribution in [3.05, 3.63) is 22.8 Å². The van der Waals surface area contributed by atoms with Gasteiger partial charge in [-0.05, 0) is 36.7 Å². The molecule has 0 aliphatic heterocycles. The molecule has 0 spiro atoms. The molecule has 0 atom stereocenters. The van der Waals surface area contributed by atoms with Crippen molar-refractivity contribution in [2.45, 2.75) is 51.5 Å². The average molecular weight is 288 g/mol. The zero-order valence-electron chi connectivity index (χ0n) is 10.9. The van der Waals surface area contributed by atoms with Crippen LogP contribution in [0.25, 0.3) is 0 Å². The van der Waals surface area contributed by atoms with E-state index in [0.717, 1.165) is 18.4 Å². The van der Waals surface area contributed by atoms with Gasteiger partial charge in [-0.3, -0.25) is 0 Å². The minimum absolute atomic E-state index is 0.273. The van der Waals surface area contributed by atoms with Crippen molar-refractivity contribution >= 4 is 23.2 Å². The molecule has 1 heterocycles. The Morgan fingerprint density at radius 1 is 1.39 bits per heavy atom. The first-order chi connectivity index (χ1) is 8.50. The van der Waals surface area contributed by atoms with Crippen LogP contribution in [-0.4, -0.2) is 11.1 Å². The summed E-state index contributed by atoms with van der Waals surface area (Å²) in [6, 6.07) is 1.84. The third-order valence-corrected chi connectivity index (χ3v) is 4.26. The summed E-state index contributed by atoms with van der Waals surface area (Å²) in [5, 5.41) is 0.599. The molecule has 1 aliphatic rings. The van der Waals surface area contributed by atoms with Crippen LogP contribution in [0.4, 0.5) is 0 Å². The molecule has 18 heavy (non-hydrogen) atoms. The van der Waals surface area contributed by atoms with E-state index >= 15 is 0 Å². The molecule has 1 aromatic heterocycles. The lowest BCUT2D eigenvalue weighted by molar-refractivity contribution is 0.0948. The SMILES string of the molecule is CC1(C)CCC(Oc2cc(CCl)c(Cl)cn2)CC1. The maximum atomic E-state index is 5.97. The van der Waals surface area contributed by atoms with Crippen molar-refractivity contribution in [3.8, 4) is 5.88 Å². The maximum absolute atomic E-state index is 5.97. The lowest BCUT2D eigenvalue weighted by atomic mass is 9.76. The molecule has 1 saturated carbocycles. The van der Waals surface area contributed by atoms with Gasteiger partial charge in [0.05, 0.1) is 5.02 Å². The van der Waals surface area contributed by atoms with Crippen LogP contribution in [0.2, 0.25) is 5.02 Å². The number of aromatic nitrogens is 1. The first kappa shape index (κ1) is 14.0. The molecule has 0 N–H and O–H groups in total. The van der Waals surface area contributed by atoms with Gasteiger partial charge >= 0.3 is 0 Å². The number of halogens is 2. The number of pyridine rings is 1. The Morgan fingerprint density at radius 2 is 2.06 bits per heavy atom. The lowest BCUT2D eigenvalue weighted by Crippen LogP contribution is -2.28. The number of nitrogens with zero attached hydrogens (tertiary/aromatic N) is 1. The normalized spacial score (nSPS) is 19.8. The molecule has 0 amide bonds. The van der Waals surface area contributed by atoms with E-state index in [1.165, 1.54) is 12.8 Å². The Morgan fingerprint density at radius 3 is 2.67 bits per heavy atom. The standard InChI is InChI=1S/C14H19Cl2NO/c1-14(2)5-3-11(4-6-14)18-13-7-10(8-15)12(16)9-17-13/h7,9,11H,3-6,8H2,1-2H3. The third-order valence-electron chi connectivity index (χ3n) is 3.63. The van der Waals surface area contributed by atoms with Gasteiger partial charge < -0.3 is 4.74 Å². The number of alkyl halides is 1. The Labute approximate surface area is 119 Å². The summed E-state index contributed by atoms with van der Waals surface area (Å²) in [6.45, 7) is 4.63. The quantitative estimate of drug-likeness (QED) is 0.744. The van der Waals surface area contributed by atoms with Gasteiger partial charge in [0.2, 0.25) is 5.88 Å². The molecule has 4 heteroatoms. The second-order valence-electron chi connectivity index (χ2n) is 5.73. The molecule has 0 radical (unpaired) electrons. The van der Waals surface area contributed by atoms with E-state index in [9.17, 15) is 0 Å². The van der Waals surface area contributed by atoms with E-state index in [-0.39, 0.29) is 6.10 Å². The molecular formula is C14H19Cl2NO. The smallest absolute Gasteiger partial charge is 0.213 e. The Hall–Kier alpha value is -0.470. The molecule has 1 aromatic rings.